The number of carbonyl (C=O) groups excluding carboxylic acids is 1. The molecule has 0 aromatic heterocycles. The van der Waals surface area contributed by atoms with E-state index in [1.165, 1.54) is 5.06 Å². The minimum atomic E-state index is -0.250. The molecule has 17 heavy (non-hydrogen) atoms. The van der Waals surface area contributed by atoms with Gasteiger partial charge in [-0.25, -0.2) is 4.79 Å². The Morgan fingerprint density at radius 2 is 2.35 bits per heavy atom. The van der Waals surface area contributed by atoms with E-state index in [9.17, 15) is 4.79 Å². The maximum Gasteiger partial charge on any atom is 0.344 e. The predicted octanol–water partition coefficient (Wildman–Crippen LogP) is 2.20. The molecule has 2 saturated heterocycles. The summed E-state index contributed by atoms with van der Waals surface area (Å²) in [5.74, 6) is 0. The second-order valence-corrected chi connectivity index (χ2v) is 4.95. The molecule has 2 heterocycles. The average Bonchev–Trinajstić information content (AvgIpc) is 2.54. The van der Waals surface area contributed by atoms with Crippen molar-refractivity contribution in [1.29, 1.82) is 5.41 Å². The molecular weight excluding hydrogens is 242 g/mol. The van der Waals surface area contributed by atoms with Gasteiger partial charge in [0.25, 0.3) is 0 Å². The van der Waals surface area contributed by atoms with Crippen LogP contribution in [0.2, 0.25) is 0 Å². The Morgan fingerprint density at radius 1 is 1.59 bits per heavy atom. The normalized spacial score (nSPS) is 27.8. The minimum Gasteiger partial charge on any atom is -0.311 e. The van der Waals surface area contributed by atoms with Crippen molar-refractivity contribution in [1.82, 2.24) is 9.96 Å². The Hall–Kier alpha value is -0.810. The van der Waals surface area contributed by atoms with Crippen molar-refractivity contribution < 1.29 is 9.63 Å². The van der Waals surface area contributed by atoms with Gasteiger partial charge in [-0.15, -0.1) is 0 Å². The van der Waals surface area contributed by atoms with Crippen LogP contribution in [0.5, 0.6) is 0 Å². The summed E-state index contributed by atoms with van der Waals surface area (Å²) in [6, 6.07) is -0.259. The van der Waals surface area contributed by atoms with Crippen molar-refractivity contribution in [3.8, 4) is 0 Å². The second-order valence-electron chi connectivity index (χ2n) is 4.54. The highest BCUT2D eigenvalue weighted by Crippen LogP contribution is 2.31. The number of unbranched alkanes of at least 4 members (excludes halogenated alkanes) is 1. The van der Waals surface area contributed by atoms with Gasteiger partial charge in [0.2, 0.25) is 0 Å². The lowest BCUT2D eigenvalue weighted by Crippen LogP contribution is -2.43. The fraction of sp³-hybridized carbons (Fsp3) is 0.818. The highest BCUT2D eigenvalue weighted by atomic mass is 35.5. The number of nitrogens with one attached hydrogen (secondary N) is 1. The molecule has 0 unspecified atom stereocenters. The molecular formula is C11H18ClN3O2. The van der Waals surface area contributed by atoms with Gasteiger partial charge in [-0.3, -0.25) is 10.2 Å². The van der Waals surface area contributed by atoms with E-state index in [0.29, 0.717) is 13.2 Å². The van der Waals surface area contributed by atoms with E-state index in [-0.39, 0.29) is 23.3 Å². The first kappa shape index (κ1) is 12.6. The average molecular weight is 260 g/mol. The SMILES string of the molecule is CCCCON1C(=O)N2C[C@@H]1CC[C@H]2C(=N)Cl. The second kappa shape index (κ2) is 5.23. The van der Waals surface area contributed by atoms with E-state index in [1.807, 2.05) is 0 Å². The van der Waals surface area contributed by atoms with Crippen LogP contribution in [-0.4, -0.2) is 46.4 Å². The van der Waals surface area contributed by atoms with Crippen LogP contribution in [0.1, 0.15) is 32.6 Å². The summed E-state index contributed by atoms with van der Waals surface area (Å²) < 4.78 is 0. The molecule has 2 atom stereocenters. The number of halogens is 1. The zero-order chi connectivity index (χ0) is 12.4. The Labute approximate surface area is 106 Å². The van der Waals surface area contributed by atoms with Crippen LogP contribution in [-0.2, 0) is 4.84 Å². The lowest BCUT2D eigenvalue weighted by Gasteiger charge is -2.28. The zero-order valence-electron chi connectivity index (χ0n) is 9.99. The van der Waals surface area contributed by atoms with Gasteiger partial charge in [0, 0.05) is 6.54 Å². The van der Waals surface area contributed by atoms with E-state index in [0.717, 1.165) is 25.7 Å². The molecule has 0 aromatic carbocycles. The molecule has 0 spiro atoms. The molecule has 0 aliphatic carbocycles. The fourth-order valence-corrected chi connectivity index (χ4v) is 2.60. The number of hydrogen-bond donors (Lipinski definition) is 1. The van der Waals surface area contributed by atoms with Crippen LogP contribution >= 0.6 is 11.6 Å². The smallest absolute Gasteiger partial charge is 0.311 e. The maximum atomic E-state index is 12.1. The third kappa shape index (κ3) is 2.40. The maximum absolute atomic E-state index is 12.1. The van der Waals surface area contributed by atoms with Crippen LogP contribution in [0, 0.1) is 5.41 Å². The number of rotatable bonds is 5. The van der Waals surface area contributed by atoms with Crippen molar-refractivity contribution in [2.24, 2.45) is 0 Å². The van der Waals surface area contributed by atoms with E-state index in [4.69, 9.17) is 21.8 Å². The van der Waals surface area contributed by atoms with Crippen molar-refractivity contribution in [3.63, 3.8) is 0 Å². The molecule has 0 aromatic rings. The summed E-state index contributed by atoms with van der Waals surface area (Å²) in [5.41, 5.74) is 0. The molecule has 96 valence electrons. The topological polar surface area (TPSA) is 56.6 Å². The Morgan fingerprint density at radius 3 is 3.00 bits per heavy atom. The predicted molar refractivity (Wildman–Crippen MR) is 65.2 cm³/mol. The van der Waals surface area contributed by atoms with Gasteiger partial charge in [-0.2, -0.15) is 5.06 Å². The number of fused-ring (bicyclic) bond motifs is 2. The molecule has 2 bridgehead atoms. The monoisotopic (exact) mass is 259 g/mol. The van der Waals surface area contributed by atoms with Crippen molar-refractivity contribution in [2.45, 2.75) is 44.7 Å². The summed E-state index contributed by atoms with van der Waals surface area (Å²) >= 11 is 5.72. The first-order valence-electron chi connectivity index (χ1n) is 6.11. The molecule has 2 rings (SSSR count). The van der Waals surface area contributed by atoms with Gasteiger partial charge in [-0.05, 0) is 19.3 Å². The standard InChI is InChI=1S/C11H18ClN3O2/c1-2-3-6-17-15-8-4-5-9(10(12)13)14(7-8)11(15)16/h8-9,13H,2-7H2,1H3/t8-,9-/m0/s1. The molecule has 2 aliphatic heterocycles. The number of amides is 2. The first-order chi connectivity index (χ1) is 8.15. The molecule has 0 saturated carbocycles. The highest BCUT2D eigenvalue weighted by Gasteiger charge is 2.46. The number of hydroxylamine groups is 2. The summed E-state index contributed by atoms with van der Waals surface area (Å²) in [6.45, 7) is 3.29. The van der Waals surface area contributed by atoms with Gasteiger partial charge >= 0.3 is 6.03 Å². The molecule has 1 N–H and O–H groups in total. The van der Waals surface area contributed by atoms with Gasteiger partial charge < -0.3 is 4.90 Å². The Bertz CT molecular complexity index is 324. The minimum absolute atomic E-state index is 0.0483. The van der Waals surface area contributed by atoms with Crippen LogP contribution in [0.3, 0.4) is 0 Å². The van der Waals surface area contributed by atoms with Crippen LogP contribution < -0.4 is 0 Å². The molecule has 6 heteroatoms. The van der Waals surface area contributed by atoms with E-state index in [1.54, 1.807) is 4.90 Å². The van der Waals surface area contributed by atoms with Crippen LogP contribution in [0.25, 0.3) is 0 Å². The number of carbonyl (C=O) groups is 1. The fourth-order valence-electron chi connectivity index (χ4n) is 2.37. The molecule has 2 aliphatic rings. The number of urea groups is 1. The summed E-state index contributed by atoms with van der Waals surface area (Å²) in [6.07, 6.45) is 3.61. The van der Waals surface area contributed by atoms with Crippen molar-refractivity contribution >= 4 is 22.8 Å². The number of piperidine rings is 1. The van der Waals surface area contributed by atoms with E-state index >= 15 is 0 Å². The van der Waals surface area contributed by atoms with Crippen molar-refractivity contribution in [3.05, 3.63) is 0 Å². The molecule has 5 nitrogen and oxygen atoms in total. The third-order valence-corrected chi connectivity index (χ3v) is 3.60. The van der Waals surface area contributed by atoms with Gasteiger partial charge in [0.05, 0.1) is 18.7 Å². The summed E-state index contributed by atoms with van der Waals surface area (Å²) in [5, 5.41) is 9.01. The van der Waals surface area contributed by atoms with E-state index in [2.05, 4.69) is 6.92 Å². The zero-order valence-corrected chi connectivity index (χ0v) is 10.7. The van der Waals surface area contributed by atoms with E-state index < -0.39 is 0 Å². The van der Waals surface area contributed by atoms with Crippen LogP contribution in [0.4, 0.5) is 4.79 Å². The molecule has 2 amide bonds. The summed E-state index contributed by atoms with van der Waals surface area (Å²) in [4.78, 5) is 19.2. The Balaban J connectivity index is 1.99. The Kier molecular flexibility index (Phi) is 3.89. The summed E-state index contributed by atoms with van der Waals surface area (Å²) in [7, 11) is 0. The number of hydrogen-bond acceptors (Lipinski definition) is 3. The van der Waals surface area contributed by atoms with Gasteiger partial charge in [-0.1, -0.05) is 24.9 Å². The largest absolute Gasteiger partial charge is 0.344 e. The lowest BCUT2D eigenvalue weighted by molar-refractivity contribution is -0.130. The molecule has 2 fully saturated rings. The third-order valence-electron chi connectivity index (χ3n) is 3.34. The molecule has 0 radical (unpaired) electrons. The van der Waals surface area contributed by atoms with Gasteiger partial charge in [0.15, 0.2) is 0 Å². The first-order valence-corrected chi connectivity index (χ1v) is 6.49. The highest BCUT2D eigenvalue weighted by molar-refractivity contribution is 6.65. The van der Waals surface area contributed by atoms with Crippen molar-refractivity contribution in [2.75, 3.05) is 13.2 Å². The number of nitrogens with zero attached hydrogens (tertiary/aromatic N) is 2. The lowest BCUT2D eigenvalue weighted by atomic mass is 10.0. The van der Waals surface area contributed by atoms with Crippen LogP contribution in [0.15, 0.2) is 0 Å². The quantitative estimate of drug-likeness (QED) is 0.608. The van der Waals surface area contributed by atoms with Gasteiger partial charge in [0.1, 0.15) is 5.17 Å².